The second-order valence-corrected chi connectivity index (χ2v) is 7.78. The molecule has 2 N–H and O–H groups in total. The number of nitrogens with one attached hydrogen (secondary N) is 2. The van der Waals surface area contributed by atoms with E-state index >= 15 is 0 Å². The Morgan fingerprint density at radius 1 is 1.32 bits per heavy atom. The number of rotatable bonds is 5. The molecule has 6 nitrogen and oxygen atoms in total. The number of allylic oxidation sites excluding steroid dienone is 1. The lowest BCUT2D eigenvalue weighted by atomic mass is 9.95. The molecular formula is C16H17Cl3N2O4. The van der Waals surface area contributed by atoms with Crippen molar-refractivity contribution in [1.29, 1.82) is 0 Å². The Morgan fingerprint density at radius 3 is 2.68 bits per heavy atom. The molecule has 0 saturated heterocycles. The SMILES string of the molecule is CCOc1cccc([C@H]2NC(=O)NC(C)=C2C(=O)OCC(Cl)(Cl)Cl)c1. The second-order valence-electron chi connectivity index (χ2n) is 5.27. The molecule has 25 heavy (non-hydrogen) atoms. The van der Waals surface area contributed by atoms with Crippen molar-refractivity contribution >= 4 is 46.8 Å². The first kappa shape index (κ1) is 19.7. The number of urea groups is 1. The van der Waals surface area contributed by atoms with Crippen LogP contribution in [0.25, 0.3) is 0 Å². The zero-order chi connectivity index (χ0) is 18.6. The normalized spacial score (nSPS) is 17.6. The monoisotopic (exact) mass is 406 g/mol. The summed E-state index contributed by atoms with van der Waals surface area (Å²) in [4.78, 5) is 24.3. The molecule has 0 bridgehead atoms. The minimum atomic E-state index is -1.72. The van der Waals surface area contributed by atoms with Gasteiger partial charge in [0.2, 0.25) is 3.79 Å². The third-order valence-corrected chi connectivity index (χ3v) is 3.69. The lowest BCUT2D eigenvalue weighted by Gasteiger charge is -2.28. The van der Waals surface area contributed by atoms with Crippen LogP contribution < -0.4 is 15.4 Å². The fourth-order valence-electron chi connectivity index (χ4n) is 2.39. The van der Waals surface area contributed by atoms with Gasteiger partial charge < -0.3 is 20.1 Å². The summed E-state index contributed by atoms with van der Waals surface area (Å²) in [5.74, 6) is -0.0671. The smallest absolute Gasteiger partial charge is 0.338 e. The van der Waals surface area contributed by atoms with Gasteiger partial charge in [-0.1, -0.05) is 46.9 Å². The highest BCUT2D eigenvalue weighted by atomic mass is 35.6. The Balaban J connectivity index is 2.33. The summed E-state index contributed by atoms with van der Waals surface area (Å²) in [6.07, 6.45) is 0. The van der Waals surface area contributed by atoms with Gasteiger partial charge in [0, 0.05) is 5.70 Å². The summed E-state index contributed by atoms with van der Waals surface area (Å²) >= 11 is 16.9. The highest BCUT2D eigenvalue weighted by Gasteiger charge is 2.33. The summed E-state index contributed by atoms with van der Waals surface area (Å²) < 4.78 is 8.81. The van der Waals surface area contributed by atoms with Crippen LogP contribution in [-0.2, 0) is 9.53 Å². The van der Waals surface area contributed by atoms with Crippen LogP contribution in [0.4, 0.5) is 4.79 Å². The zero-order valence-corrected chi connectivity index (χ0v) is 15.8. The van der Waals surface area contributed by atoms with E-state index in [-0.39, 0.29) is 5.57 Å². The Morgan fingerprint density at radius 2 is 2.04 bits per heavy atom. The summed E-state index contributed by atoms with van der Waals surface area (Å²) in [7, 11) is 0. The van der Waals surface area contributed by atoms with Gasteiger partial charge in [0.1, 0.15) is 12.4 Å². The zero-order valence-electron chi connectivity index (χ0n) is 13.6. The van der Waals surface area contributed by atoms with Crippen LogP contribution in [0.15, 0.2) is 35.5 Å². The van der Waals surface area contributed by atoms with Crippen molar-refractivity contribution in [3.8, 4) is 5.75 Å². The van der Waals surface area contributed by atoms with E-state index in [2.05, 4.69) is 10.6 Å². The van der Waals surface area contributed by atoms with Crippen molar-refractivity contribution < 1.29 is 19.1 Å². The molecule has 0 aliphatic carbocycles. The van der Waals surface area contributed by atoms with E-state index in [9.17, 15) is 9.59 Å². The van der Waals surface area contributed by atoms with Crippen molar-refractivity contribution in [3.63, 3.8) is 0 Å². The minimum Gasteiger partial charge on any atom is -0.494 e. The third-order valence-electron chi connectivity index (χ3n) is 3.36. The molecule has 1 aliphatic heterocycles. The molecule has 0 aromatic heterocycles. The van der Waals surface area contributed by atoms with Gasteiger partial charge in [-0.15, -0.1) is 0 Å². The summed E-state index contributed by atoms with van der Waals surface area (Å²) in [5.41, 5.74) is 1.26. The Kier molecular flexibility index (Phi) is 6.43. The largest absolute Gasteiger partial charge is 0.494 e. The van der Waals surface area contributed by atoms with Gasteiger partial charge in [-0.25, -0.2) is 9.59 Å². The number of carbonyl (C=O) groups excluding carboxylic acids is 2. The highest BCUT2D eigenvalue weighted by Crippen LogP contribution is 2.31. The fraction of sp³-hybridized carbons (Fsp3) is 0.375. The van der Waals surface area contributed by atoms with E-state index in [1.807, 2.05) is 6.92 Å². The number of halogens is 3. The van der Waals surface area contributed by atoms with E-state index in [0.29, 0.717) is 23.6 Å². The molecule has 0 fully saturated rings. The van der Waals surface area contributed by atoms with Crippen molar-refractivity contribution in [2.45, 2.75) is 23.7 Å². The Labute approximate surface area is 160 Å². The number of amides is 2. The number of carbonyl (C=O) groups is 2. The molecule has 1 aromatic rings. The lowest BCUT2D eigenvalue weighted by molar-refractivity contribution is -0.139. The molecule has 2 amide bonds. The second kappa shape index (κ2) is 8.17. The van der Waals surface area contributed by atoms with Gasteiger partial charge in [-0.3, -0.25) is 0 Å². The predicted octanol–water partition coefficient (Wildman–Crippen LogP) is 3.63. The van der Waals surface area contributed by atoms with Crippen LogP contribution >= 0.6 is 34.8 Å². The van der Waals surface area contributed by atoms with Crippen LogP contribution in [0, 0.1) is 0 Å². The van der Waals surface area contributed by atoms with E-state index in [4.69, 9.17) is 44.3 Å². The molecule has 1 aliphatic rings. The molecular weight excluding hydrogens is 391 g/mol. The molecule has 0 unspecified atom stereocenters. The molecule has 0 radical (unpaired) electrons. The highest BCUT2D eigenvalue weighted by molar-refractivity contribution is 6.67. The number of alkyl halides is 3. The maximum absolute atomic E-state index is 12.5. The first-order valence-electron chi connectivity index (χ1n) is 7.46. The maximum atomic E-state index is 12.5. The lowest BCUT2D eigenvalue weighted by Crippen LogP contribution is -2.45. The summed E-state index contributed by atoms with van der Waals surface area (Å²) in [6.45, 7) is 3.55. The van der Waals surface area contributed by atoms with Crippen LogP contribution in [-0.4, -0.2) is 29.0 Å². The number of hydrogen-bond acceptors (Lipinski definition) is 4. The van der Waals surface area contributed by atoms with E-state index in [1.54, 1.807) is 31.2 Å². The van der Waals surface area contributed by atoms with E-state index in [1.165, 1.54) is 0 Å². The topological polar surface area (TPSA) is 76.7 Å². The Bertz CT molecular complexity index is 701. The van der Waals surface area contributed by atoms with Crippen LogP contribution in [0.2, 0.25) is 0 Å². The number of hydrogen-bond donors (Lipinski definition) is 2. The molecule has 0 spiro atoms. The average Bonchev–Trinajstić information content (AvgIpc) is 2.52. The van der Waals surface area contributed by atoms with Gasteiger partial charge in [0.25, 0.3) is 0 Å². The quantitative estimate of drug-likeness (QED) is 0.577. The first-order valence-corrected chi connectivity index (χ1v) is 8.59. The van der Waals surface area contributed by atoms with Crippen LogP contribution in [0.5, 0.6) is 5.75 Å². The van der Waals surface area contributed by atoms with Gasteiger partial charge >= 0.3 is 12.0 Å². The van der Waals surface area contributed by atoms with Crippen molar-refractivity contribution in [2.75, 3.05) is 13.2 Å². The molecule has 2 rings (SSSR count). The summed E-state index contributed by atoms with van der Waals surface area (Å²) in [5, 5.41) is 5.24. The first-order chi connectivity index (χ1) is 11.7. The predicted molar refractivity (Wildman–Crippen MR) is 96.0 cm³/mol. The van der Waals surface area contributed by atoms with Crippen molar-refractivity contribution in [3.05, 3.63) is 41.1 Å². The Hall–Kier alpha value is -1.63. The molecule has 0 saturated carbocycles. The molecule has 136 valence electrons. The average molecular weight is 408 g/mol. The standard InChI is InChI=1S/C16H17Cl3N2O4/c1-3-24-11-6-4-5-10(7-11)13-12(9(2)20-15(23)21-13)14(22)25-8-16(17,18)19/h4-7,13H,3,8H2,1-2H3,(H2,20,21,23)/t13-/m1/s1. The van der Waals surface area contributed by atoms with Gasteiger partial charge in [0.15, 0.2) is 0 Å². The minimum absolute atomic E-state index is 0.225. The number of ether oxygens (including phenoxy) is 2. The molecule has 9 heteroatoms. The maximum Gasteiger partial charge on any atom is 0.338 e. The number of esters is 1. The van der Waals surface area contributed by atoms with Crippen LogP contribution in [0.3, 0.4) is 0 Å². The number of benzene rings is 1. The molecule has 1 aromatic carbocycles. The van der Waals surface area contributed by atoms with E-state index < -0.39 is 28.4 Å². The van der Waals surface area contributed by atoms with Gasteiger partial charge in [-0.2, -0.15) is 0 Å². The van der Waals surface area contributed by atoms with Gasteiger partial charge in [-0.05, 0) is 31.5 Å². The van der Waals surface area contributed by atoms with Crippen molar-refractivity contribution in [2.24, 2.45) is 0 Å². The fourth-order valence-corrected chi connectivity index (χ4v) is 2.55. The van der Waals surface area contributed by atoms with Gasteiger partial charge in [0.05, 0.1) is 18.2 Å². The van der Waals surface area contributed by atoms with Crippen LogP contribution in [0.1, 0.15) is 25.5 Å². The van der Waals surface area contributed by atoms with Crippen molar-refractivity contribution in [1.82, 2.24) is 10.6 Å². The summed E-state index contributed by atoms with van der Waals surface area (Å²) in [6, 6.07) is 5.93. The van der Waals surface area contributed by atoms with E-state index in [0.717, 1.165) is 0 Å². The molecule has 1 heterocycles. The third kappa shape index (κ3) is 5.42. The molecule has 1 atom stereocenters.